The monoisotopic (exact) mass is 224 g/mol. The normalized spacial score (nSPS) is 23.8. The molecule has 0 nitrogen and oxygen atoms in total. The van der Waals surface area contributed by atoms with Crippen LogP contribution in [0.5, 0.6) is 0 Å². The van der Waals surface area contributed by atoms with E-state index < -0.39 is 0 Å². The molecular formula is C17H20. The molecule has 0 aliphatic heterocycles. The molecule has 17 heavy (non-hydrogen) atoms. The summed E-state index contributed by atoms with van der Waals surface area (Å²) in [7, 11) is 0. The fourth-order valence-electron chi connectivity index (χ4n) is 3.46. The second kappa shape index (κ2) is 3.60. The van der Waals surface area contributed by atoms with Gasteiger partial charge in [0.2, 0.25) is 0 Å². The first-order chi connectivity index (χ1) is 8.13. The van der Waals surface area contributed by atoms with Crippen molar-refractivity contribution in [2.75, 3.05) is 0 Å². The lowest BCUT2D eigenvalue weighted by Gasteiger charge is -2.06. The van der Waals surface area contributed by atoms with Gasteiger partial charge in [0.25, 0.3) is 0 Å². The number of fused-ring (bicyclic) bond motifs is 1. The van der Waals surface area contributed by atoms with Crippen molar-refractivity contribution in [2.45, 2.75) is 47.0 Å². The van der Waals surface area contributed by atoms with Gasteiger partial charge in [0.05, 0.1) is 0 Å². The molecule has 0 atom stereocenters. The van der Waals surface area contributed by atoms with Crippen LogP contribution in [0.2, 0.25) is 0 Å². The highest BCUT2D eigenvalue weighted by Gasteiger charge is 2.34. The maximum Gasteiger partial charge on any atom is -0.00145 e. The Hall–Kier alpha value is -1.30. The topological polar surface area (TPSA) is 0 Å². The summed E-state index contributed by atoms with van der Waals surface area (Å²) in [5.74, 6) is 0. The van der Waals surface area contributed by atoms with Crippen LogP contribution in [-0.2, 0) is 0 Å². The number of hydrogen-bond donors (Lipinski definition) is 0. The molecule has 0 unspecified atom stereocenters. The average molecular weight is 224 g/mol. The van der Waals surface area contributed by atoms with Crippen molar-refractivity contribution in [3.8, 4) is 0 Å². The molecule has 0 amide bonds. The van der Waals surface area contributed by atoms with Crippen LogP contribution in [0.4, 0.5) is 0 Å². The lowest BCUT2D eigenvalue weighted by Crippen LogP contribution is -1.87. The smallest absolute Gasteiger partial charge is 0.00145 e. The molecule has 0 N–H and O–H groups in total. The molecule has 3 aliphatic carbocycles. The van der Waals surface area contributed by atoms with Crippen molar-refractivity contribution >= 4 is 0 Å². The van der Waals surface area contributed by atoms with E-state index in [0.717, 1.165) is 0 Å². The molecule has 0 heteroatoms. The fourth-order valence-corrected chi connectivity index (χ4v) is 3.46. The van der Waals surface area contributed by atoms with Gasteiger partial charge in [-0.3, -0.25) is 0 Å². The van der Waals surface area contributed by atoms with Gasteiger partial charge in [0, 0.05) is 0 Å². The van der Waals surface area contributed by atoms with Gasteiger partial charge < -0.3 is 0 Å². The van der Waals surface area contributed by atoms with Gasteiger partial charge in [-0.15, -0.1) is 0 Å². The molecule has 3 rings (SSSR count). The highest BCUT2D eigenvalue weighted by Crippen LogP contribution is 2.52. The first-order valence-corrected chi connectivity index (χ1v) is 6.57. The molecule has 0 radical (unpaired) electrons. The van der Waals surface area contributed by atoms with Gasteiger partial charge in [-0.1, -0.05) is 17.7 Å². The van der Waals surface area contributed by atoms with E-state index in [2.05, 4.69) is 39.8 Å². The third-order valence-corrected chi connectivity index (χ3v) is 4.65. The largest absolute Gasteiger partial charge is 0.0874 e. The lowest BCUT2D eigenvalue weighted by atomic mass is 9.99. The van der Waals surface area contributed by atoms with E-state index in [1.807, 2.05) is 0 Å². The zero-order chi connectivity index (χ0) is 12.2. The van der Waals surface area contributed by atoms with E-state index in [0.29, 0.717) is 0 Å². The maximum absolute atomic E-state index is 2.30. The molecule has 0 heterocycles. The van der Waals surface area contributed by atoms with Gasteiger partial charge in [-0.25, -0.2) is 0 Å². The molecule has 0 saturated carbocycles. The Balaban J connectivity index is 1.95. The van der Waals surface area contributed by atoms with Crippen LogP contribution >= 0.6 is 0 Å². The van der Waals surface area contributed by atoms with E-state index in [1.54, 1.807) is 33.4 Å². The maximum atomic E-state index is 2.30. The van der Waals surface area contributed by atoms with Crippen molar-refractivity contribution in [1.82, 2.24) is 0 Å². The zero-order valence-corrected chi connectivity index (χ0v) is 11.3. The van der Waals surface area contributed by atoms with E-state index in [4.69, 9.17) is 0 Å². The Morgan fingerprint density at radius 3 is 2.12 bits per heavy atom. The van der Waals surface area contributed by atoms with Crippen LogP contribution in [0.1, 0.15) is 47.0 Å². The SMILES string of the molecule is C/C=C/C1=C(C)C2=C(C1)C1=C(C2)C(C)=C(C)C1. The molecular weight excluding hydrogens is 204 g/mol. The Labute approximate surface area is 104 Å². The van der Waals surface area contributed by atoms with Crippen LogP contribution < -0.4 is 0 Å². The minimum atomic E-state index is 1.17. The van der Waals surface area contributed by atoms with E-state index >= 15 is 0 Å². The first kappa shape index (κ1) is 10.8. The van der Waals surface area contributed by atoms with Gasteiger partial charge in [-0.2, -0.15) is 0 Å². The average Bonchev–Trinajstić information content (AvgIpc) is 2.87. The third kappa shape index (κ3) is 1.36. The number of hydrogen-bond acceptors (Lipinski definition) is 0. The summed E-state index contributed by atoms with van der Waals surface area (Å²) in [6, 6.07) is 0. The Morgan fingerprint density at radius 1 is 0.765 bits per heavy atom. The summed E-state index contributed by atoms with van der Waals surface area (Å²) < 4.78 is 0. The van der Waals surface area contributed by atoms with Crippen molar-refractivity contribution in [1.29, 1.82) is 0 Å². The Morgan fingerprint density at radius 2 is 1.41 bits per heavy atom. The quantitative estimate of drug-likeness (QED) is 0.586. The summed E-state index contributed by atoms with van der Waals surface area (Å²) in [5.41, 5.74) is 12.8. The third-order valence-electron chi connectivity index (χ3n) is 4.65. The summed E-state index contributed by atoms with van der Waals surface area (Å²) in [4.78, 5) is 0. The molecule has 0 spiro atoms. The summed E-state index contributed by atoms with van der Waals surface area (Å²) in [6.45, 7) is 8.99. The summed E-state index contributed by atoms with van der Waals surface area (Å²) in [6.07, 6.45) is 8.03. The molecule has 3 aliphatic rings. The molecule has 0 aromatic rings. The summed E-state index contributed by atoms with van der Waals surface area (Å²) in [5, 5.41) is 0. The Kier molecular flexibility index (Phi) is 2.29. The number of rotatable bonds is 1. The van der Waals surface area contributed by atoms with Crippen molar-refractivity contribution in [3.63, 3.8) is 0 Å². The van der Waals surface area contributed by atoms with Gasteiger partial charge in [-0.05, 0) is 86.0 Å². The van der Waals surface area contributed by atoms with Crippen LogP contribution in [0.25, 0.3) is 0 Å². The molecule has 0 bridgehead atoms. The molecule has 0 aromatic carbocycles. The van der Waals surface area contributed by atoms with Gasteiger partial charge in [0.15, 0.2) is 0 Å². The van der Waals surface area contributed by atoms with Gasteiger partial charge >= 0.3 is 0 Å². The molecule has 0 saturated heterocycles. The molecule has 88 valence electrons. The first-order valence-electron chi connectivity index (χ1n) is 6.57. The minimum Gasteiger partial charge on any atom is -0.0874 e. The predicted molar refractivity (Wildman–Crippen MR) is 73.8 cm³/mol. The highest BCUT2D eigenvalue weighted by molar-refractivity contribution is 5.69. The van der Waals surface area contributed by atoms with Gasteiger partial charge in [0.1, 0.15) is 0 Å². The lowest BCUT2D eigenvalue weighted by molar-refractivity contribution is 1.10. The van der Waals surface area contributed by atoms with Crippen LogP contribution in [-0.4, -0.2) is 0 Å². The van der Waals surface area contributed by atoms with E-state index in [-0.39, 0.29) is 0 Å². The van der Waals surface area contributed by atoms with Crippen LogP contribution in [0, 0.1) is 0 Å². The van der Waals surface area contributed by atoms with Crippen LogP contribution in [0.15, 0.2) is 56.7 Å². The molecule has 0 aromatic heterocycles. The van der Waals surface area contributed by atoms with Crippen molar-refractivity contribution in [3.05, 3.63) is 56.7 Å². The van der Waals surface area contributed by atoms with Crippen molar-refractivity contribution in [2.24, 2.45) is 0 Å². The van der Waals surface area contributed by atoms with Crippen LogP contribution in [0.3, 0.4) is 0 Å². The van der Waals surface area contributed by atoms with E-state index in [9.17, 15) is 0 Å². The second-order valence-corrected chi connectivity index (χ2v) is 5.50. The second-order valence-electron chi connectivity index (χ2n) is 5.50. The van der Waals surface area contributed by atoms with Crippen molar-refractivity contribution < 1.29 is 0 Å². The van der Waals surface area contributed by atoms with E-state index in [1.165, 1.54) is 30.4 Å². The zero-order valence-electron chi connectivity index (χ0n) is 11.3. The minimum absolute atomic E-state index is 1.17. The molecule has 0 fully saturated rings. The predicted octanol–water partition coefficient (Wildman–Crippen LogP) is 5.02. The summed E-state index contributed by atoms with van der Waals surface area (Å²) >= 11 is 0. The standard InChI is InChI=1S/C17H20/c1-5-6-13-8-17-15(12(13)4)9-14-11(3)10(2)7-16(14)17/h5-6H,7-9H2,1-4H3/b6-5+. The highest BCUT2D eigenvalue weighted by atomic mass is 14.4. The number of allylic oxidation sites excluding steroid dienone is 10. The fraction of sp³-hybridized carbons (Fsp3) is 0.412. The Bertz CT molecular complexity index is 557.